The van der Waals surface area contributed by atoms with E-state index in [-0.39, 0.29) is 30.2 Å². The fourth-order valence-corrected chi connectivity index (χ4v) is 2.45. The van der Waals surface area contributed by atoms with Gasteiger partial charge in [0.15, 0.2) is 0 Å². The Bertz CT molecular complexity index is 718. The number of rotatable bonds is 10. The lowest BCUT2D eigenvalue weighted by atomic mass is 9.93. The van der Waals surface area contributed by atoms with Crippen molar-refractivity contribution in [3.63, 3.8) is 0 Å². The summed E-state index contributed by atoms with van der Waals surface area (Å²) in [5.74, 6) is -4.62. The molecule has 148 valence electrons. The van der Waals surface area contributed by atoms with Gasteiger partial charge in [-0.1, -0.05) is 19.9 Å². The number of carboxylic acid groups (broad SMARTS) is 2. The minimum Gasteiger partial charge on any atom is -0.507 e. The highest BCUT2D eigenvalue weighted by Gasteiger charge is 2.23. The van der Waals surface area contributed by atoms with E-state index in [9.17, 15) is 24.3 Å². The van der Waals surface area contributed by atoms with Gasteiger partial charge in [-0.2, -0.15) is 0 Å². The van der Waals surface area contributed by atoms with E-state index >= 15 is 0 Å². The molecule has 0 saturated heterocycles. The molecule has 0 fully saturated rings. The number of carbonyl (C=O) groups excluding carboxylic acids is 2. The molecule has 0 spiro atoms. The van der Waals surface area contributed by atoms with Crippen LogP contribution in [0, 0.1) is 11.8 Å². The predicted octanol–water partition coefficient (Wildman–Crippen LogP) is 0.960. The summed E-state index contributed by atoms with van der Waals surface area (Å²) in [7, 11) is 0. The number of aromatic hydroxyl groups is 1. The van der Waals surface area contributed by atoms with E-state index in [0.29, 0.717) is 12.0 Å². The first-order valence-electron chi connectivity index (χ1n) is 8.48. The lowest BCUT2D eigenvalue weighted by Crippen LogP contribution is -2.32. The molecule has 2 amide bonds. The first kappa shape index (κ1) is 21.9. The number of carboxylic acids is 2. The first-order chi connectivity index (χ1) is 12.6. The summed E-state index contributed by atoms with van der Waals surface area (Å²) < 4.78 is 0. The van der Waals surface area contributed by atoms with E-state index < -0.39 is 36.2 Å². The standard InChI is InChI=1S/C18H24N2O7/c1-3-12(6-10(2)18(26)27)16(24)19-8-11-4-5-14(21)13(7-11)17(25)20-9-15(22)23/h4-5,7,10,12,21H,3,6,8-9H2,1-2H3,(H,19,24)(H,20,25)(H,22,23)(H,26,27). The van der Waals surface area contributed by atoms with Crippen LogP contribution >= 0.6 is 0 Å². The van der Waals surface area contributed by atoms with Crippen molar-refractivity contribution in [3.8, 4) is 5.75 Å². The molecule has 0 heterocycles. The second-order valence-corrected chi connectivity index (χ2v) is 6.23. The van der Waals surface area contributed by atoms with Gasteiger partial charge in [0, 0.05) is 12.5 Å². The third-order valence-corrected chi connectivity index (χ3v) is 4.10. The fraction of sp³-hybridized carbons (Fsp3) is 0.444. The number of amides is 2. The summed E-state index contributed by atoms with van der Waals surface area (Å²) in [4.78, 5) is 45.7. The highest BCUT2D eigenvalue weighted by atomic mass is 16.4. The molecule has 1 aromatic rings. The molecule has 0 aliphatic heterocycles. The Hall–Kier alpha value is -3.10. The molecule has 2 atom stereocenters. The maximum Gasteiger partial charge on any atom is 0.322 e. The zero-order chi connectivity index (χ0) is 20.6. The van der Waals surface area contributed by atoms with Crippen molar-refractivity contribution in [1.82, 2.24) is 10.6 Å². The van der Waals surface area contributed by atoms with E-state index in [1.54, 1.807) is 13.8 Å². The van der Waals surface area contributed by atoms with Crippen LogP contribution in [0.2, 0.25) is 0 Å². The molecule has 2 unspecified atom stereocenters. The Labute approximate surface area is 156 Å². The third-order valence-electron chi connectivity index (χ3n) is 4.10. The van der Waals surface area contributed by atoms with Crippen LogP contribution in [-0.2, 0) is 20.9 Å². The second kappa shape index (κ2) is 10.1. The average Bonchev–Trinajstić information content (AvgIpc) is 2.62. The molecule has 0 radical (unpaired) electrons. The number of hydrogen-bond acceptors (Lipinski definition) is 5. The summed E-state index contributed by atoms with van der Waals surface area (Å²) in [6.45, 7) is 2.83. The van der Waals surface area contributed by atoms with Crippen LogP contribution < -0.4 is 10.6 Å². The predicted molar refractivity (Wildman–Crippen MR) is 95.1 cm³/mol. The van der Waals surface area contributed by atoms with Crippen LogP contribution in [0.3, 0.4) is 0 Å². The maximum atomic E-state index is 12.3. The SMILES string of the molecule is CCC(CC(C)C(=O)O)C(=O)NCc1ccc(O)c(C(=O)NCC(=O)O)c1. The first-order valence-corrected chi connectivity index (χ1v) is 8.48. The van der Waals surface area contributed by atoms with Crippen LogP contribution in [0.5, 0.6) is 5.75 Å². The largest absolute Gasteiger partial charge is 0.507 e. The molecule has 0 bridgehead atoms. The number of aliphatic carboxylic acids is 2. The Balaban J connectivity index is 2.74. The number of phenols is 1. The summed E-state index contributed by atoms with van der Waals surface area (Å²) in [5.41, 5.74) is 0.428. The van der Waals surface area contributed by atoms with Gasteiger partial charge in [-0.15, -0.1) is 0 Å². The number of nitrogens with one attached hydrogen (secondary N) is 2. The Kier molecular flexibility index (Phi) is 8.25. The monoisotopic (exact) mass is 380 g/mol. The number of benzene rings is 1. The van der Waals surface area contributed by atoms with Crippen molar-refractivity contribution in [2.75, 3.05) is 6.54 Å². The number of hydrogen-bond donors (Lipinski definition) is 5. The molecule has 27 heavy (non-hydrogen) atoms. The van der Waals surface area contributed by atoms with E-state index in [1.165, 1.54) is 18.2 Å². The fourth-order valence-electron chi connectivity index (χ4n) is 2.45. The zero-order valence-electron chi connectivity index (χ0n) is 15.2. The Morgan fingerprint density at radius 3 is 2.33 bits per heavy atom. The quantitative estimate of drug-likeness (QED) is 0.405. The molecule has 0 saturated carbocycles. The van der Waals surface area contributed by atoms with Crippen LogP contribution in [0.25, 0.3) is 0 Å². The van der Waals surface area contributed by atoms with Crippen LogP contribution in [0.4, 0.5) is 0 Å². The van der Waals surface area contributed by atoms with Crippen molar-refractivity contribution in [1.29, 1.82) is 0 Å². The van der Waals surface area contributed by atoms with Gasteiger partial charge >= 0.3 is 11.9 Å². The van der Waals surface area contributed by atoms with Crippen molar-refractivity contribution >= 4 is 23.8 Å². The van der Waals surface area contributed by atoms with Gasteiger partial charge in [-0.05, 0) is 30.5 Å². The van der Waals surface area contributed by atoms with Crippen molar-refractivity contribution in [3.05, 3.63) is 29.3 Å². The minimum atomic E-state index is -1.22. The Morgan fingerprint density at radius 2 is 1.78 bits per heavy atom. The summed E-state index contributed by atoms with van der Waals surface area (Å²) in [5, 5.41) is 32.2. The van der Waals surface area contributed by atoms with Gasteiger partial charge in [-0.25, -0.2) is 0 Å². The molecule has 9 heteroatoms. The van der Waals surface area contributed by atoms with Crippen molar-refractivity contribution < 1.29 is 34.5 Å². The van der Waals surface area contributed by atoms with Gasteiger partial charge < -0.3 is 26.0 Å². The number of carbonyl (C=O) groups is 4. The molecule has 0 aliphatic rings. The summed E-state index contributed by atoms with van der Waals surface area (Å²) in [6, 6.07) is 4.15. The minimum absolute atomic E-state index is 0.0796. The van der Waals surface area contributed by atoms with Crippen LogP contribution in [-0.4, -0.2) is 45.6 Å². The maximum absolute atomic E-state index is 12.3. The third kappa shape index (κ3) is 6.96. The lowest BCUT2D eigenvalue weighted by molar-refractivity contribution is -0.142. The zero-order valence-corrected chi connectivity index (χ0v) is 15.2. The van der Waals surface area contributed by atoms with Gasteiger partial charge in [0.25, 0.3) is 5.91 Å². The lowest BCUT2D eigenvalue weighted by Gasteiger charge is -2.17. The second-order valence-electron chi connectivity index (χ2n) is 6.23. The molecular weight excluding hydrogens is 356 g/mol. The van der Waals surface area contributed by atoms with Gasteiger partial charge in [0.2, 0.25) is 5.91 Å². The highest BCUT2D eigenvalue weighted by molar-refractivity contribution is 5.98. The van der Waals surface area contributed by atoms with Crippen molar-refractivity contribution in [2.24, 2.45) is 11.8 Å². The average molecular weight is 380 g/mol. The van der Waals surface area contributed by atoms with E-state index in [2.05, 4.69) is 10.6 Å². The molecule has 0 aliphatic carbocycles. The summed E-state index contributed by atoms with van der Waals surface area (Å²) >= 11 is 0. The van der Waals surface area contributed by atoms with Crippen LogP contribution in [0.15, 0.2) is 18.2 Å². The highest BCUT2D eigenvalue weighted by Crippen LogP contribution is 2.19. The topological polar surface area (TPSA) is 153 Å². The normalized spacial score (nSPS) is 12.7. The van der Waals surface area contributed by atoms with Crippen LogP contribution in [0.1, 0.15) is 42.6 Å². The Morgan fingerprint density at radius 1 is 1.11 bits per heavy atom. The number of phenolic OH excluding ortho intramolecular Hbond substituents is 1. The molecular formula is C18H24N2O7. The van der Waals surface area contributed by atoms with E-state index in [0.717, 1.165) is 0 Å². The summed E-state index contributed by atoms with van der Waals surface area (Å²) in [6.07, 6.45) is 0.706. The van der Waals surface area contributed by atoms with Crippen molar-refractivity contribution in [2.45, 2.75) is 33.2 Å². The van der Waals surface area contributed by atoms with Gasteiger partial charge in [0.05, 0.1) is 11.5 Å². The molecule has 0 aromatic heterocycles. The van der Waals surface area contributed by atoms with Gasteiger partial charge in [-0.3, -0.25) is 19.2 Å². The smallest absolute Gasteiger partial charge is 0.322 e. The molecule has 1 aromatic carbocycles. The molecule has 1 rings (SSSR count). The van der Waals surface area contributed by atoms with E-state index in [4.69, 9.17) is 10.2 Å². The van der Waals surface area contributed by atoms with E-state index in [1.807, 2.05) is 0 Å². The molecule has 5 N–H and O–H groups in total. The molecule has 9 nitrogen and oxygen atoms in total. The van der Waals surface area contributed by atoms with Gasteiger partial charge in [0.1, 0.15) is 12.3 Å².